The van der Waals surface area contributed by atoms with E-state index in [-0.39, 0.29) is 0 Å². The predicted octanol–water partition coefficient (Wildman–Crippen LogP) is 2.50. The molecular weight excluding hydrogens is 264 g/mol. The zero-order valence-corrected chi connectivity index (χ0v) is 13.9. The molecule has 0 aromatic carbocycles. The van der Waals surface area contributed by atoms with E-state index in [1.165, 1.54) is 0 Å². The fourth-order valence-electron chi connectivity index (χ4n) is 2.89. The van der Waals surface area contributed by atoms with Crippen LogP contribution in [0.1, 0.15) is 51.6 Å². The number of aromatic nitrogens is 2. The van der Waals surface area contributed by atoms with Gasteiger partial charge in [-0.1, -0.05) is 27.7 Å². The van der Waals surface area contributed by atoms with E-state index in [1.807, 2.05) is 20.8 Å². The van der Waals surface area contributed by atoms with Crippen LogP contribution in [0.2, 0.25) is 0 Å². The molecule has 0 spiro atoms. The van der Waals surface area contributed by atoms with Gasteiger partial charge in [-0.15, -0.1) is 0 Å². The lowest BCUT2D eigenvalue weighted by molar-refractivity contribution is 0.299. The molecule has 1 fully saturated rings. The van der Waals surface area contributed by atoms with Crippen LogP contribution in [0, 0.1) is 6.92 Å². The van der Waals surface area contributed by atoms with Gasteiger partial charge in [0.15, 0.2) is 11.6 Å². The number of rotatable bonds is 1. The first-order valence-corrected chi connectivity index (χ1v) is 8.15. The van der Waals surface area contributed by atoms with Gasteiger partial charge in [-0.2, -0.15) is 0 Å². The smallest absolute Gasteiger partial charge is 0.183 e. The van der Waals surface area contributed by atoms with Crippen molar-refractivity contribution < 1.29 is 4.74 Å². The highest BCUT2D eigenvalue weighted by Gasteiger charge is 2.31. The van der Waals surface area contributed by atoms with Crippen molar-refractivity contribution in [2.24, 2.45) is 0 Å². The van der Waals surface area contributed by atoms with Gasteiger partial charge in [0.1, 0.15) is 5.82 Å². The van der Waals surface area contributed by atoms with E-state index in [0.717, 1.165) is 55.7 Å². The molecule has 0 amide bonds. The number of aryl methyl sites for hydroxylation is 1. The summed E-state index contributed by atoms with van der Waals surface area (Å²) in [7, 11) is 0. The maximum Gasteiger partial charge on any atom is 0.183 e. The Balaban J connectivity index is 0.000000774. The molecule has 21 heavy (non-hydrogen) atoms. The minimum Gasteiger partial charge on any atom is -0.488 e. The second-order valence-electron chi connectivity index (χ2n) is 5.65. The molecule has 1 saturated heterocycles. The number of piperazine rings is 1. The van der Waals surface area contributed by atoms with Crippen molar-refractivity contribution >= 4 is 5.82 Å². The van der Waals surface area contributed by atoms with Crippen molar-refractivity contribution in [1.29, 1.82) is 0 Å². The highest BCUT2D eigenvalue weighted by atomic mass is 16.5. The maximum absolute atomic E-state index is 5.99. The summed E-state index contributed by atoms with van der Waals surface area (Å²) >= 11 is 0. The van der Waals surface area contributed by atoms with Crippen LogP contribution in [0.15, 0.2) is 0 Å². The van der Waals surface area contributed by atoms with Crippen LogP contribution in [0.5, 0.6) is 5.75 Å². The van der Waals surface area contributed by atoms with Crippen molar-refractivity contribution in [1.82, 2.24) is 15.3 Å². The van der Waals surface area contributed by atoms with E-state index in [9.17, 15) is 0 Å². The Morgan fingerprint density at radius 3 is 2.76 bits per heavy atom. The minimum absolute atomic E-state index is 0.356. The molecule has 5 nitrogen and oxygen atoms in total. The van der Waals surface area contributed by atoms with Crippen molar-refractivity contribution in [2.45, 2.75) is 53.0 Å². The van der Waals surface area contributed by atoms with E-state index in [1.54, 1.807) is 0 Å². The van der Waals surface area contributed by atoms with Crippen LogP contribution in [0.4, 0.5) is 5.82 Å². The highest BCUT2D eigenvalue weighted by molar-refractivity contribution is 5.57. The van der Waals surface area contributed by atoms with Crippen LogP contribution in [-0.4, -0.2) is 42.3 Å². The van der Waals surface area contributed by atoms with Crippen LogP contribution in [-0.2, 0) is 0 Å². The average Bonchev–Trinajstić information content (AvgIpc) is 2.68. The van der Waals surface area contributed by atoms with Crippen molar-refractivity contribution in [3.05, 3.63) is 11.5 Å². The fourth-order valence-corrected chi connectivity index (χ4v) is 2.89. The number of ether oxygens (including phenoxy) is 1. The second kappa shape index (κ2) is 7.07. The van der Waals surface area contributed by atoms with Crippen molar-refractivity contribution in [3.63, 3.8) is 0 Å². The average molecular weight is 292 g/mol. The molecule has 0 saturated carbocycles. The Hall–Kier alpha value is -1.36. The Bertz CT molecular complexity index is 476. The van der Waals surface area contributed by atoms with E-state index in [0.29, 0.717) is 12.0 Å². The number of hydrogen-bond acceptors (Lipinski definition) is 5. The summed E-state index contributed by atoms with van der Waals surface area (Å²) in [6.45, 7) is 14.1. The Morgan fingerprint density at radius 2 is 2.05 bits per heavy atom. The van der Waals surface area contributed by atoms with Crippen molar-refractivity contribution in [3.8, 4) is 5.75 Å². The predicted molar refractivity (Wildman–Crippen MR) is 86.3 cm³/mol. The van der Waals surface area contributed by atoms with E-state index in [2.05, 4.69) is 34.0 Å². The van der Waals surface area contributed by atoms with Crippen molar-refractivity contribution in [2.75, 3.05) is 31.1 Å². The van der Waals surface area contributed by atoms with Gasteiger partial charge in [0.25, 0.3) is 0 Å². The van der Waals surface area contributed by atoms with Gasteiger partial charge in [0, 0.05) is 32.1 Å². The molecule has 5 heteroatoms. The Kier molecular flexibility index (Phi) is 5.39. The number of fused-ring (bicyclic) bond motifs is 3. The summed E-state index contributed by atoms with van der Waals surface area (Å²) in [5.74, 6) is 3.10. The zero-order chi connectivity index (χ0) is 15.4. The van der Waals surface area contributed by atoms with E-state index >= 15 is 0 Å². The monoisotopic (exact) mass is 292 g/mol. The number of nitrogens with zero attached hydrogens (tertiary/aromatic N) is 3. The third kappa shape index (κ3) is 3.28. The molecule has 118 valence electrons. The Labute approximate surface area is 128 Å². The van der Waals surface area contributed by atoms with Gasteiger partial charge in [-0.05, 0) is 12.8 Å². The summed E-state index contributed by atoms with van der Waals surface area (Å²) in [5, 5.41) is 3.45. The molecule has 0 bridgehead atoms. The van der Waals surface area contributed by atoms with E-state index in [4.69, 9.17) is 4.74 Å². The normalized spacial score (nSPS) is 20.7. The van der Waals surface area contributed by atoms with Gasteiger partial charge < -0.3 is 15.0 Å². The first kappa shape index (κ1) is 16.0. The third-order valence-corrected chi connectivity index (χ3v) is 3.85. The first-order valence-electron chi connectivity index (χ1n) is 8.15. The summed E-state index contributed by atoms with van der Waals surface area (Å²) < 4.78 is 5.99. The molecule has 3 heterocycles. The minimum atomic E-state index is 0.356. The lowest BCUT2D eigenvalue weighted by Gasteiger charge is -2.35. The lowest BCUT2D eigenvalue weighted by Crippen LogP contribution is -2.51. The summed E-state index contributed by atoms with van der Waals surface area (Å²) in [6, 6.07) is 0.490. The third-order valence-electron chi connectivity index (χ3n) is 3.85. The highest BCUT2D eigenvalue weighted by Crippen LogP contribution is 2.37. The molecule has 0 aliphatic carbocycles. The quantitative estimate of drug-likeness (QED) is 0.862. The van der Waals surface area contributed by atoms with Gasteiger partial charge >= 0.3 is 0 Å². The van der Waals surface area contributed by atoms with Gasteiger partial charge in [-0.3, -0.25) is 0 Å². The zero-order valence-electron chi connectivity index (χ0n) is 13.9. The molecule has 2 aliphatic rings. The van der Waals surface area contributed by atoms with Crippen LogP contribution in [0.3, 0.4) is 0 Å². The molecule has 1 N–H and O–H groups in total. The van der Waals surface area contributed by atoms with Gasteiger partial charge in [0.2, 0.25) is 0 Å². The molecule has 3 rings (SSSR count). The van der Waals surface area contributed by atoms with E-state index < -0.39 is 0 Å². The largest absolute Gasteiger partial charge is 0.488 e. The summed E-state index contributed by atoms with van der Waals surface area (Å²) in [6.07, 6.45) is 1.04. The molecule has 2 aliphatic heterocycles. The molecule has 1 unspecified atom stereocenters. The second-order valence-corrected chi connectivity index (χ2v) is 5.65. The summed E-state index contributed by atoms with van der Waals surface area (Å²) in [5.41, 5.74) is 1.04. The topological polar surface area (TPSA) is 50.3 Å². The lowest BCUT2D eigenvalue weighted by atomic mass is 10.1. The number of nitrogens with one attached hydrogen (secondary N) is 1. The molecule has 1 aromatic heterocycles. The molecule has 1 atom stereocenters. The molecule has 1 aromatic rings. The van der Waals surface area contributed by atoms with Crippen LogP contribution < -0.4 is 15.0 Å². The van der Waals surface area contributed by atoms with Crippen LogP contribution in [0.25, 0.3) is 0 Å². The Morgan fingerprint density at radius 1 is 1.29 bits per heavy atom. The standard InChI is InChI=1S/C14H22N4O.C2H6/c1-9(2)12-13-14(17-10(3)16-12)18-6-5-15-8-11(18)4-7-19-13;1-2/h9,11,15H,4-8H2,1-3H3;1-2H3. The van der Waals surface area contributed by atoms with Gasteiger partial charge in [0.05, 0.1) is 12.3 Å². The number of anilines is 1. The fraction of sp³-hybridized carbons (Fsp3) is 0.750. The first-order chi connectivity index (χ1) is 10.2. The maximum atomic E-state index is 5.99. The molecule has 0 radical (unpaired) electrons. The molecular formula is C16H28N4O. The van der Waals surface area contributed by atoms with Gasteiger partial charge in [-0.25, -0.2) is 9.97 Å². The summed E-state index contributed by atoms with van der Waals surface area (Å²) in [4.78, 5) is 11.7. The SMILES string of the molecule is CC.Cc1nc(C(C)C)c2c(n1)N1CCNCC1CCO2. The van der Waals surface area contributed by atoms with Crippen LogP contribution >= 0.6 is 0 Å². The number of hydrogen-bond donors (Lipinski definition) is 1.